The van der Waals surface area contributed by atoms with Gasteiger partial charge in [0.15, 0.2) is 12.9 Å². The molecule has 170 valence electrons. The Morgan fingerprint density at radius 1 is 1.28 bits per heavy atom. The zero-order chi connectivity index (χ0) is 22.7. The van der Waals surface area contributed by atoms with Crippen molar-refractivity contribution in [2.75, 3.05) is 18.2 Å². The third kappa shape index (κ3) is 4.47. The van der Waals surface area contributed by atoms with E-state index in [0.717, 1.165) is 18.5 Å². The van der Waals surface area contributed by atoms with Gasteiger partial charge in [0.05, 0.1) is 23.8 Å². The highest BCUT2D eigenvalue weighted by Crippen LogP contribution is 2.38. The fraction of sp³-hybridized carbons (Fsp3) is 0.435. The summed E-state index contributed by atoms with van der Waals surface area (Å²) in [5.41, 5.74) is 2.13. The van der Waals surface area contributed by atoms with Crippen molar-refractivity contribution in [3.63, 3.8) is 0 Å². The summed E-state index contributed by atoms with van der Waals surface area (Å²) >= 11 is 0. The third-order valence-corrected chi connectivity index (χ3v) is 5.83. The van der Waals surface area contributed by atoms with Crippen molar-refractivity contribution < 1.29 is 23.9 Å². The number of carbonyl (C=O) groups excluding carboxylic acids is 1. The summed E-state index contributed by atoms with van der Waals surface area (Å²) in [6.07, 6.45) is 0.993. The van der Waals surface area contributed by atoms with Crippen LogP contribution >= 0.6 is 0 Å². The largest absolute Gasteiger partial charge is 0.477 e. The first-order valence-electron chi connectivity index (χ1n) is 10.8. The first-order valence-corrected chi connectivity index (χ1v) is 10.8. The number of carbonyl (C=O) groups is 1. The van der Waals surface area contributed by atoms with Crippen molar-refractivity contribution in [1.29, 1.82) is 0 Å². The number of ether oxygens (including phenoxy) is 3. The molecule has 1 N–H and O–H groups in total. The zero-order valence-electron chi connectivity index (χ0n) is 18.2. The van der Waals surface area contributed by atoms with Gasteiger partial charge in [0.1, 0.15) is 11.5 Å². The molecule has 1 unspecified atom stereocenters. The number of hydrogen-bond donors (Lipinski definition) is 1. The summed E-state index contributed by atoms with van der Waals surface area (Å²) in [7, 11) is 0. The molecule has 2 aromatic rings. The van der Waals surface area contributed by atoms with E-state index in [-0.39, 0.29) is 31.0 Å². The van der Waals surface area contributed by atoms with Crippen LogP contribution in [-0.2, 0) is 22.7 Å². The minimum atomic E-state index is -0.690. The number of fused-ring (bicyclic) bond motifs is 2. The van der Waals surface area contributed by atoms with Gasteiger partial charge in [0.25, 0.3) is 11.6 Å². The summed E-state index contributed by atoms with van der Waals surface area (Å²) in [5.74, 6) is 1.04. The SMILES string of the molecule is CCC(CC)NC(=O)C1CN(Cc2cc([N+](=O)[O-])cc3c2OCOC3)c2ccccc2O1. The average molecular weight is 441 g/mol. The number of anilines is 1. The predicted octanol–water partition coefficient (Wildman–Crippen LogP) is 3.53. The molecule has 2 aliphatic heterocycles. The Hall–Kier alpha value is -3.33. The lowest BCUT2D eigenvalue weighted by Crippen LogP contribution is -2.51. The van der Waals surface area contributed by atoms with Crippen LogP contribution in [0.1, 0.15) is 37.8 Å². The monoisotopic (exact) mass is 441 g/mol. The van der Waals surface area contributed by atoms with Gasteiger partial charge >= 0.3 is 0 Å². The lowest BCUT2D eigenvalue weighted by atomic mass is 10.0. The van der Waals surface area contributed by atoms with E-state index in [1.54, 1.807) is 0 Å². The van der Waals surface area contributed by atoms with E-state index < -0.39 is 11.0 Å². The van der Waals surface area contributed by atoms with Gasteiger partial charge < -0.3 is 24.4 Å². The topological polar surface area (TPSA) is 103 Å². The highest BCUT2D eigenvalue weighted by Gasteiger charge is 2.32. The number of nitro groups is 1. The second-order valence-electron chi connectivity index (χ2n) is 7.94. The molecule has 0 saturated carbocycles. The Morgan fingerprint density at radius 2 is 2.06 bits per heavy atom. The summed E-state index contributed by atoms with van der Waals surface area (Å²) in [6.45, 7) is 5.07. The maximum absolute atomic E-state index is 12.9. The van der Waals surface area contributed by atoms with Gasteiger partial charge in [-0.3, -0.25) is 14.9 Å². The third-order valence-electron chi connectivity index (χ3n) is 5.83. The molecule has 0 bridgehead atoms. The Kier molecular flexibility index (Phi) is 6.45. The van der Waals surface area contributed by atoms with Crippen molar-refractivity contribution in [1.82, 2.24) is 5.32 Å². The second kappa shape index (κ2) is 9.44. The molecule has 1 amide bonds. The van der Waals surface area contributed by atoms with Crippen molar-refractivity contribution in [3.8, 4) is 11.5 Å². The van der Waals surface area contributed by atoms with Crippen LogP contribution in [0.25, 0.3) is 0 Å². The van der Waals surface area contributed by atoms with E-state index in [4.69, 9.17) is 14.2 Å². The van der Waals surface area contributed by atoms with Gasteiger partial charge in [-0.15, -0.1) is 0 Å². The quantitative estimate of drug-likeness (QED) is 0.518. The lowest BCUT2D eigenvalue weighted by Gasteiger charge is -2.36. The van der Waals surface area contributed by atoms with Crippen LogP contribution in [0.3, 0.4) is 0 Å². The van der Waals surface area contributed by atoms with Gasteiger partial charge in [-0.25, -0.2) is 0 Å². The zero-order valence-corrected chi connectivity index (χ0v) is 18.2. The number of rotatable bonds is 7. The first kappa shape index (κ1) is 21.9. The molecule has 0 aliphatic carbocycles. The highest BCUT2D eigenvalue weighted by atomic mass is 16.7. The lowest BCUT2D eigenvalue weighted by molar-refractivity contribution is -0.385. The first-order chi connectivity index (χ1) is 15.5. The fourth-order valence-corrected chi connectivity index (χ4v) is 4.09. The molecule has 0 aromatic heterocycles. The van der Waals surface area contributed by atoms with Crippen LogP contribution in [0.4, 0.5) is 11.4 Å². The molecule has 2 aliphatic rings. The van der Waals surface area contributed by atoms with Gasteiger partial charge in [0, 0.05) is 35.8 Å². The number of hydrogen-bond acceptors (Lipinski definition) is 7. The molecule has 9 heteroatoms. The maximum atomic E-state index is 12.9. The minimum absolute atomic E-state index is 0.0163. The van der Waals surface area contributed by atoms with Crippen LogP contribution in [0.2, 0.25) is 0 Å². The molecule has 2 aromatic carbocycles. The minimum Gasteiger partial charge on any atom is -0.477 e. The molecule has 32 heavy (non-hydrogen) atoms. The van der Waals surface area contributed by atoms with E-state index >= 15 is 0 Å². The van der Waals surface area contributed by atoms with Crippen LogP contribution in [-0.4, -0.2) is 36.3 Å². The maximum Gasteiger partial charge on any atom is 0.270 e. The van der Waals surface area contributed by atoms with E-state index in [0.29, 0.717) is 35.7 Å². The van der Waals surface area contributed by atoms with Crippen molar-refractivity contribution in [2.45, 2.75) is 52.0 Å². The Bertz CT molecular complexity index is 1010. The molecule has 9 nitrogen and oxygen atoms in total. The van der Waals surface area contributed by atoms with Gasteiger partial charge in [0.2, 0.25) is 0 Å². The summed E-state index contributed by atoms with van der Waals surface area (Å²) in [4.78, 5) is 26.0. The number of nitrogens with zero attached hydrogens (tertiary/aromatic N) is 2. The predicted molar refractivity (Wildman–Crippen MR) is 118 cm³/mol. The molecule has 1 atom stereocenters. The van der Waals surface area contributed by atoms with E-state index in [2.05, 4.69) is 5.32 Å². The summed E-state index contributed by atoms with van der Waals surface area (Å²) in [5, 5.41) is 14.5. The molecule has 0 radical (unpaired) electrons. The van der Waals surface area contributed by atoms with Crippen LogP contribution in [0.15, 0.2) is 36.4 Å². The number of nitro benzene ring substituents is 1. The van der Waals surface area contributed by atoms with Crippen molar-refractivity contribution in [3.05, 3.63) is 57.6 Å². The normalized spacial score (nSPS) is 17.1. The van der Waals surface area contributed by atoms with Crippen molar-refractivity contribution in [2.24, 2.45) is 0 Å². The molecule has 2 heterocycles. The summed E-state index contributed by atoms with van der Waals surface area (Å²) < 4.78 is 17.0. The fourth-order valence-electron chi connectivity index (χ4n) is 4.09. The molecular formula is C23H27N3O6. The van der Waals surface area contributed by atoms with Crippen LogP contribution < -0.4 is 19.7 Å². The number of para-hydroxylation sites is 2. The Morgan fingerprint density at radius 3 is 2.81 bits per heavy atom. The van der Waals surface area contributed by atoms with Gasteiger partial charge in [-0.2, -0.15) is 0 Å². The summed E-state index contributed by atoms with van der Waals surface area (Å²) in [6, 6.07) is 10.6. The number of nitrogens with one attached hydrogen (secondary N) is 1. The van der Waals surface area contributed by atoms with Crippen LogP contribution in [0.5, 0.6) is 11.5 Å². The average Bonchev–Trinajstić information content (AvgIpc) is 2.82. The Labute approximate surface area is 186 Å². The smallest absolute Gasteiger partial charge is 0.270 e. The van der Waals surface area contributed by atoms with Gasteiger partial charge in [-0.05, 0) is 25.0 Å². The standard InChI is InChI=1S/C23H27N3O6/c1-3-17(4-2)24-23(27)21-12-25(19-7-5-6-8-20(19)32-21)11-15-9-18(26(28)29)10-16-13-30-14-31-22(15)16/h5-10,17,21H,3-4,11-14H2,1-2H3,(H,24,27). The molecule has 0 spiro atoms. The van der Waals surface area contributed by atoms with E-state index in [1.807, 2.05) is 43.0 Å². The van der Waals surface area contributed by atoms with Crippen LogP contribution in [0, 0.1) is 10.1 Å². The van der Waals surface area contributed by atoms with E-state index in [9.17, 15) is 14.9 Å². The van der Waals surface area contributed by atoms with E-state index in [1.165, 1.54) is 12.1 Å². The Balaban J connectivity index is 1.65. The molecular weight excluding hydrogens is 414 g/mol. The number of benzene rings is 2. The second-order valence-corrected chi connectivity index (χ2v) is 7.94. The number of non-ortho nitro benzene ring substituents is 1. The number of amides is 1. The molecule has 4 rings (SSSR count). The molecule has 0 fully saturated rings. The van der Waals surface area contributed by atoms with Crippen molar-refractivity contribution >= 4 is 17.3 Å². The highest BCUT2D eigenvalue weighted by molar-refractivity contribution is 5.83. The van der Waals surface area contributed by atoms with Gasteiger partial charge in [-0.1, -0.05) is 26.0 Å². The molecule has 0 saturated heterocycles.